The van der Waals surface area contributed by atoms with Crippen LogP contribution in [-0.4, -0.2) is 30.7 Å². The van der Waals surface area contributed by atoms with Gasteiger partial charge in [-0.3, -0.25) is 9.69 Å². The molecule has 2 atom stereocenters. The highest BCUT2D eigenvalue weighted by Gasteiger charge is 2.54. The maximum absolute atomic E-state index is 15.1. The molecule has 1 fully saturated rings. The predicted molar refractivity (Wildman–Crippen MR) is 108 cm³/mol. The van der Waals surface area contributed by atoms with Gasteiger partial charge in [-0.2, -0.15) is 0 Å². The molecular weight excluding hydrogens is 374 g/mol. The first kappa shape index (κ1) is 20.0. The van der Waals surface area contributed by atoms with E-state index in [1.54, 1.807) is 25.2 Å². The Morgan fingerprint density at radius 2 is 1.86 bits per heavy atom. The molecule has 0 saturated heterocycles. The molecule has 1 amide bonds. The van der Waals surface area contributed by atoms with Crippen LogP contribution in [0.25, 0.3) is 0 Å². The summed E-state index contributed by atoms with van der Waals surface area (Å²) in [5, 5.41) is 13.8. The van der Waals surface area contributed by atoms with E-state index >= 15 is 4.39 Å². The van der Waals surface area contributed by atoms with Crippen LogP contribution in [0.4, 0.5) is 14.5 Å². The minimum atomic E-state index is -1.03. The van der Waals surface area contributed by atoms with Crippen molar-refractivity contribution in [1.29, 1.82) is 0 Å². The van der Waals surface area contributed by atoms with E-state index in [-0.39, 0.29) is 18.1 Å². The molecule has 2 aromatic rings. The molecule has 6 heteroatoms. The maximum Gasteiger partial charge on any atom is 0.238 e. The topological polar surface area (TPSA) is 52.6 Å². The third-order valence-electron chi connectivity index (χ3n) is 6.32. The number of carbonyl (C=O) groups is 1. The van der Waals surface area contributed by atoms with Crippen LogP contribution >= 0.6 is 0 Å². The quantitative estimate of drug-likeness (QED) is 0.802. The molecule has 4 nitrogen and oxygen atoms in total. The number of hydrogen-bond acceptors (Lipinski definition) is 3. The second kappa shape index (κ2) is 7.84. The van der Waals surface area contributed by atoms with E-state index in [4.69, 9.17) is 0 Å². The zero-order valence-corrected chi connectivity index (χ0v) is 16.5. The zero-order valence-electron chi connectivity index (χ0n) is 16.5. The summed E-state index contributed by atoms with van der Waals surface area (Å²) in [7, 11) is 1.69. The Hall–Kier alpha value is -2.31. The van der Waals surface area contributed by atoms with Crippen molar-refractivity contribution >= 4 is 11.6 Å². The molecule has 0 aromatic heterocycles. The summed E-state index contributed by atoms with van der Waals surface area (Å²) in [6.45, 7) is 0.182. The van der Waals surface area contributed by atoms with Gasteiger partial charge in [0.2, 0.25) is 5.91 Å². The van der Waals surface area contributed by atoms with Crippen LogP contribution in [0.1, 0.15) is 49.3 Å². The first-order valence-electron chi connectivity index (χ1n) is 10.2. The van der Waals surface area contributed by atoms with Gasteiger partial charge < -0.3 is 10.4 Å². The number of rotatable bonds is 5. The van der Waals surface area contributed by atoms with Crippen molar-refractivity contribution in [2.24, 2.45) is 0 Å². The molecular formula is C23H26F2N2O2. The number of aliphatic hydroxyl groups is 1. The number of carbonyl (C=O) groups excluding carboxylic acids is 1. The molecule has 1 unspecified atom stereocenters. The van der Waals surface area contributed by atoms with Crippen LogP contribution in [0.3, 0.4) is 0 Å². The molecule has 1 saturated carbocycles. The standard InChI is InChI=1S/C23H26F2N2O2/c1-26-14-19(28)20(15-7-5-8-16(24)13-15)27-21-17(9-6-10-18(21)25)23(22(27)29)11-3-2-4-12-23/h5-10,13,19-20,26,28H,2-4,11-12,14H2,1H3/t19-,20?/m1/s1. The van der Waals surface area contributed by atoms with Gasteiger partial charge in [-0.15, -0.1) is 0 Å². The number of anilines is 1. The molecule has 1 heterocycles. The molecule has 1 aliphatic carbocycles. The maximum atomic E-state index is 15.1. The summed E-state index contributed by atoms with van der Waals surface area (Å²) < 4.78 is 29.1. The summed E-state index contributed by atoms with van der Waals surface area (Å²) in [5.41, 5.74) is 0.605. The molecule has 2 N–H and O–H groups in total. The van der Waals surface area contributed by atoms with Crippen LogP contribution in [0.2, 0.25) is 0 Å². The van der Waals surface area contributed by atoms with Gasteiger partial charge in [0.05, 0.1) is 23.2 Å². The molecule has 4 rings (SSSR count). The SMILES string of the molecule is CNC[C@@H](O)C(c1cccc(F)c1)N1C(=O)C2(CCCCC2)c2cccc(F)c21. The van der Waals surface area contributed by atoms with E-state index in [0.717, 1.165) is 19.3 Å². The van der Waals surface area contributed by atoms with Gasteiger partial charge in [0.25, 0.3) is 0 Å². The van der Waals surface area contributed by atoms with Gasteiger partial charge >= 0.3 is 0 Å². The average molecular weight is 400 g/mol. The minimum Gasteiger partial charge on any atom is -0.389 e. The monoisotopic (exact) mass is 400 g/mol. The fourth-order valence-electron chi connectivity index (χ4n) is 5.05. The fraction of sp³-hybridized carbons (Fsp3) is 0.435. The molecule has 0 bridgehead atoms. The lowest BCUT2D eigenvalue weighted by Crippen LogP contribution is -2.48. The number of nitrogens with zero attached hydrogens (tertiary/aromatic N) is 1. The van der Waals surface area contributed by atoms with Crippen LogP contribution in [0, 0.1) is 11.6 Å². The van der Waals surface area contributed by atoms with Crippen LogP contribution in [0.15, 0.2) is 42.5 Å². The van der Waals surface area contributed by atoms with Crippen LogP contribution in [0.5, 0.6) is 0 Å². The van der Waals surface area contributed by atoms with Crippen molar-refractivity contribution in [3.8, 4) is 0 Å². The summed E-state index contributed by atoms with van der Waals surface area (Å²) >= 11 is 0. The normalized spacial score (nSPS) is 20.0. The Bertz CT molecular complexity index is 912. The van der Waals surface area contributed by atoms with E-state index in [0.29, 0.717) is 24.0 Å². The smallest absolute Gasteiger partial charge is 0.238 e. The second-order valence-corrected chi connectivity index (χ2v) is 8.08. The Morgan fingerprint density at radius 1 is 1.14 bits per heavy atom. The van der Waals surface area contributed by atoms with E-state index in [1.807, 2.05) is 6.07 Å². The molecule has 1 aliphatic heterocycles. The van der Waals surface area contributed by atoms with Crippen LogP contribution < -0.4 is 10.2 Å². The molecule has 0 radical (unpaired) electrons. The highest BCUT2D eigenvalue weighted by atomic mass is 19.1. The van der Waals surface area contributed by atoms with Gasteiger partial charge in [-0.25, -0.2) is 8.78 Å². The number of nitrogens with one attached hydrogen (secondary N) is 1. The van der Waals surface area contributed by atoms with Gasteiger partial charge in [0.1, 0.15) is 11.6 Å². The van der Waals surface area contributed by atoms with Crippen molar-refractivity contribution in [2.75, 3.05) is 18.5 Å². The number of benzene rings is 2. The lowest BCUT2D eigenvalue weighted by molar-refractivity contribution is -0.125. The molecule has 29 heavy (non-hydrogen) atoms. The van der Waals surface area contributed by atoms with Crippen molar-refractivity contribution in [3.63, 3.8) is 0 Å². The summed E-state index contributed by atoms with van der Waals surface area (Å²) in [4.78, 5) is 15.2. The lowest BCUT2D eigenvalue weighted by atomic mass is 9.70. The van der Waals surface area contributed by atoms with Crippen molar-refractivity contribution in [3.05, 3.63) is 65.2 Å². The number of fused-ring (bicyclic) bond motifs is 2. The van der Waals surface area contributed by atoms with Gasteiger partial charge in [0, 0.05) is 6.54 Å². The Labute approximate surface area is 169 Å². The minimum absolute atomic E-state index is 0.182. The Kier molecular flexibility index (Phi) is 5.40. The highest BCUT2D eigenvalue weighted by molar-refractivity contribution is 6.09. The Morgan fingerprint density at radius 3 is 2.55 bits per heavy atom. The number of hydrogen-bond donors (Lipinski definition) is 2. The van der Waals surface area contributed by atoms with Gasteiger partial charge in [-0.1, -0.05) is 43.5 Å². The lowest BCUT2D eigenvalue weighted by Gasteiger charge is -2.36. The number of para-hydroxylation sites is 1. The largest absolute Gasteiger partial charge is 0.389 e. The highest BCUT2D eigenvalue weighted by Crippen LogP contribution is 2.53. The van der Waals surface area contributed by atoms with E-state index in [9.17, 15) is 14.3 Å². The number of aliphatic hydroxyl groups excluding tert-OH is 1. The number of amides is 1. The third kappa shape index (κ3) is 3.24. The molecule has 2 aromatic carbocycles. The molecule has 2 aliphatic rings. The first-order valence-corrected chi connectivity index (χ1v) is 10.2. The third-order valence-corrected chi connectivity index (χ3v) is 6.32. The molecule has 1 spiro atoms. The summed E-state index contributed by atoms with van der Waals surface area (Å²) in [6.07, 6.45) is 3.15. The van der Waals surface area contributed by atoms with Crippen molar-refractivity contribution < 1.29 is 18.7 Å². The molecule has 154 valence electrons. The van der Waals surface area contributed by atoms with Crippen LogP contribution in [-0.2, 0) is 10.2 Å². The number of likely N-dealkylation sites (N-methyl/N-ethyl adjacent to an activating group) is 1. The van der Waals surface area contributed by atoms with Gasteiger partial charge in [0.15, 0.2) is 0 Å². The summed E-state index contributed by atoms with van der Waals surface area (Å²) in [6, 6.07) is 9.76. The van der Waals surface area contributed by atoms with Crippen molar-refractivity contribution in [1.82, 2.24) is 5.32 Å². The summed E-state index contributed by atoms with van der Waals surface area (Å²) in [5.74, 6) is -1.14. The van der Waals surface area contributed by atoms with Crippen molar-refractivity contribution in [2.45, 2.75) is 49.7 Å². The van der Waals surface area contributed by atoms with E-state index in [2.05, 4.69) is 5.32 Å². The first-order chi connectivity index (χ1) is 14.0. The van der Waals surface area contributed by atoms with E-state index in [1.165, 1.54) is 23.1 Å². The number of halogens is 2. The fourth-order valence-corrected chi connectivity index (χ4v) is 5.05. The van der Waals surface area contributed by atoms with Gasteiger partial charge in [-0.05, 0) is 49.2 Å². The predicted octanol–water partition coefficient (Wildman–Crippen LogP) is 3.83. The Balaban J connectivity index is 1.90. The second-order valence-electron chi connectivity index (χ2n) is 8.08. The average Bonchev–Trinajstić information content (AvgIpc) is 2.93. The van der Waals surface area contributed by atoms with E-state index < -0.39 is 29.2 Å². The zero-order chi connectivity index (χ0) is 20.6.